The molecule has 0 aromatic heterocycles. The summed E-state index contributed by atoms with van der Waals surface area (Å²) in [5.74, 6) is 0. The van der Waals surface area contributed by atoms with Crippen molar-refractivity contribution in [3.63, 3.8) is 0 Å². The van der Waals surface area contributed by atoms with Gasteiger partial charge in [0.1, 0.15) is 0 Å². The number of rotatable bonds is 4. The van der Waals surface area contributed by atoms with Crippen LogP contribution in [0, 0.1) is 0 Å². The van der Waals surface area contributed by atoms with E-state index in [9.17, 15) is 0 Å². The number of para-hydroxylation sites is 2. The van der Waals surface area contributed by atoms with Crippen LogP contribution < -0.4 is 15.5 Å². The lowest BCUT2D eigenvalue weighted by atomic mass is 10.1. The molecule has 0 spiro atoms. The fraction of sp³-hybridized carbons (Fsp3) is 0.462. The van der Waals surface area contributed by atoms with Crippen LogP contribution in [-0.4, -0.2) is 31.7 Å². The lowest BCUT2D eigenvalue weighted by molar-refractivity contribution is 0.708. The van der Waals surface area contributed by atoms with Crippen molar-refractivity contribution in [1.29, 1.82) is 0 Å². The van der Waals surface area contributed by atoms with E-state index in [1.54, 1.807) is 0 Å². The minimum absolute atomic E-state index is 0.618. The molecule has 1 aromatic carbocycles. The maximum Gasteiger partial charge on any atom is 0.0728 e. The second kappa shape index (κ2) is 5.36. The van der Waals surface area contributed by atoms with Gasteiger partial charge in [-0.05, 0) is 25.0 Å². The normalized spacial score (nSPS) is 14.6. The Labute approximate surface area is 108 Å². The smallest absolute Gasteiger partial charge is 0.0728 e. The van der Waals surface area contributed by atoms with E-state index < -0.39 is 0 Å². The summed E-state index contributed by atoms with van der Waals surface area (Å²) < 4.78 is 0. The highest BCUT2D eigenvalue weighted by Crippen LogP contribution is 2.31. The van der Waals surface area contributed by atoms with Gasteiger partial charge in [0.05, 0.1) is 16.4 Å². The summed E-state index contributed by atoms with van der Waals surface area (Å²) in [5, 5.41) is 0. The minimum Gasteiger partial charge on any atom is -0.393 e. The first-order chi connectivity index (χ1) is 8.18. The van der Waals surface area contributed by atoms with Crippen LogP contribution in [0.5, 0.6) is 0 Å². The van der Waals surface area contributed by atoms with Gasteiger partial charge in [0.15, 0.2) is 0 Å². The molecule has 0 saturated heterocycles. The third-order valence-electron chi connectivity index (χ3n) is 3.19. The third-order valence-corrected chi connectivity index (χ3v) is 3.39. The van der Waals surface area contributed by atoms with E-state index in [4.69, 9.17) is 18.0 Å². The number of fused-ring (bicyclic) bond motifs is 1. The second-order valence-corrected chi connectivity index (χ2v) is 4.99. The average Bonchev–Trinajstić information content (AvgIpc) is 2.32. The summed E-state index contributed by atoms with van der Waals surface area (Å²) in [6, 6.07) is 8.55. The first-order valence-corrected chi connectivity index (χ1v) is 6.43. The molecule has 1 aromatic rings. The van der Waals surface area contributed by atoms with Crippen LogP contribution in [0.25, 0.3) is 0 Å². The van der Waals surface area contributed by atoms with Gasteiger partial charge in [-0.25, -0.2) is 0 Å². The zero-order valence-corrected chi connectivity index (χ0v) is 11.0. The predicted octanol–water partition coefficient (Wildman–Crippen LogP) is 2.01. The number of hydrogen-bond acceptors (Lipinski definition) is 3. The lowest BCUT2D eigenvalue weighted by Gasteiger charge is -2.37. The Kier molecular flexibility index (Phi) is 3.84. The summed E-state index contributed by atoms with van der Waals surface area (Å²) >= 11 is 4.91. The minimum atomic E-state index is 0.618. The molecule has 0 radical (unpaired) electrons. The Balaban J connectivity index is 2.05. The fourth-order valence-corrected chi connectivity index (χ4v) is 2.39. The van der Waals surface area contributed by atoms with Crippen LogP contribution in [0.15, 0.2) is 24.3 Å². The number of hydrogen-bond donors (Lipinski definition) is 1. The summed E-state index contributed by atoms with van der Waals surface area (Å²) in [7, 11) is 2.14. The molecule has 0 unspecified atom stereocenters. The zero-order valence-electron chi connectivity index (χ0n) is 10.2. The van der Waals surface area contributed by atoms with Gasteiger partial charge in [0, 0.05) is 26.7 Å². The van der Waals surface area contributed by atoms with Gasteiger partial charge in [-0.15, -0.1) is 0 Å². The molecular weight excluding hydrogens is 230 g/mol. The lowest BCUT2D eigenvalue weighted by Crippen LogP contribution is -2.39. The Morgan fingerprint density at radius 1 is 1.29 bits per heavy atom. The monoisotopic (exact) mass is 249 g/mol. The quantitative estimate of drug-likeness (QED) is 0.827. The molecule has 92 valence electrons. The highest BCUT2D eigenvalue weighted by atomic mass is 32.1. The Morgan fingerprint density at radius 3 is 2.71 bits per heavy atom. The molecule has 1 heterocycles. The predicted molar refractivity (Wildman–Crippen MR) is 77.9 cm³/mol. The SMILES string of the molecule is CN1CCN(CCCC(N)=S)c2ccccc21. The summed E-state index contributed by atoms with van der Waals surface area (Å²) in [4.78, 5) is 5.35. The molecule has 3 nitrogen and oxygen atoms in total. The topological polar surface area (TPSA) is 32.5 Å². The van der Waals surface area contributed by atoms with E-state index in [1.165, 1.54) is 11.4 Å². The average molecular weight is 249 g/mol. The van der Waals surface area contributed by atoms with Gasteiger partial charge in [-0.3, -0.25) is 0 Å². The van der Waals surface area contributed by atoms with Crippen molar-refractivity contribution in [2.75, 3.05) is 36.5 Å². The molecule has 0 bridgehead atoms. The van der Waals surface area contributed by atoms with Crippen LogP contribution >= 0.6 is 12.2 Å². The first-order valence-electron chi connectivity index (χ1n) is 6.02. The van der Waals surface area contributed by atoms with E-state index in [0.29, 0.717) is 4.99 Å². The van der Waals surface area contributed by atoms with E-state index >= 15 is 0 Å². The molecule has 2 N–H and O–H groups in total. The van der Waals surface area contributed by atoms with Crippen molar-refractivity contribution >= 4 is 28.6 Å². The van der Waals surface area contributed by atoms with Gasteiger partial charge in [0.2, 0.25) is 0 Å². The van der Waals surface area contributed by atoms with E-state index in [0.717, 1.165) is 32.5 Å². The highest BCUT2D eigenvalue weighted by molar-refractivity contribution is 7.80. The van der Waals surface area contributed by atoms with Crippen LogP contribution in [0.2, 0.25) is 0 Å². The van der Waals surface area contributed by atoms with Crippen molar-refractivity contribution in [3.8, 4) is 0 Å². The van der Waals surface area contributed by atoms with Crippen molar-refractivity contribution in [2.24, 2.45) is 5.73 Å². The molecule has 0 saturated carbocycles. The number of thiocarbonyl (C=S) groups is 1. The van der Waals surface area contributed by atoms with E-state index in [2.05, 4.69) is 41.1 Å². The Bertz CT molecular complexity index is 405. The van der Waals surface area contributed by atoms with Gasteiger partial charge in [-0.2, -0.15) is 0 Å². The molecule has 4 heteroatoms. The van der Waals surface area contributed by atoms with Gasteiger partial charge < -0.3 is 15.5 Å². The molecule has 17 heavy (non-hydrogen) atoms. The van der Waals surface area contributed by atoms with Crippen LogP contribution in [0.4, 0.5) is 11.4 Å². The largest absolute Gasteiger partial charge is 0.393 e. The molecule has 1 aliphatic rings. The summed E-state index contributed by atoms with van der Waals surface area (Å²) in [6.07, 6.45) is 1.87. The van der Waals surface area contributed by atoms with Crippen molar-refractivity contribution in [3.05, 3.63) is 24.3 Å². The molecule has 1 aliphatic heterocycles. The fourth-order valence-electron chi connectivity index (χ4n) is 2.24. The maximum absolute atomic E-state index is 5.53. The summed E-state index contributed by atoms with van der Waals surface area (Å²) in [6.45, 7) is 3.18. The Hall–Kier alpha value is -1.29. The number of nitrogens with zero attached hydrogens (tertiary/aromatic N) is 2. The van der Waals surface area contributed by atoms with Crippen LogP contribution in [0.3, 0.4) is 0 Å². The van der Waals surface area contributed by atoms with Crippen molar-refractivity contribution in [2.45, 2.75) is 12.8 Å². The zero-order chi connectivity index (χ0) is 12.3. The number of anilines is 2. The number of likely N-dealkylation sites (N-methyl/N-ethyl adjacent to an activating group) is 1. The van der Waals surface area contributed by atoms with Crippen molar-refractivity contribution in [1.82, 2.24) is 0 Å². The van der Waals surface area contributed by atoms with Crippen molar-refractivity contribution < 1.29 is 0 Å². The molecule has 0 aliphatic carbocycles. The van der Waals surface area contributed by atoms with E-state index in [1.807, 2.05) is 0 Å². The second-order valence-electron chi connectivity index (χ2n) is 4.47. The maximum atomic E-state index is 5.53. The van der Waals surface area contributed by atoms with E-state index in [-0.39, 0.29) is 0 Å². The first kappa shape index (κ1) is 12.2. The highest BCUT2D eigenvalue weighted by Gasteiger charge is 2.18. The molecular formula is C13H19N3S. The molecule has 0 fully saturated rings. The molecule has 2 rings (SSSR count). The molecule has 0 atom stereocenters. The number of benzene rings is 1. The van der Waals surface area contributed by atoms with Crippen LogP contribution in [-0.2, 0) is 0 Å². The number of nitrogens with two attached hydrogens (primary N) is 1. The van der Waals surface area contributed by atoms with Gasteiger partial charge in [-0.1, -0.05) is 24.4 Å². The standard InChI is InChI=1S/C13H19N3S/c1-15-9-10-16(8-4-7-13(14)17)12-6-3-2-5-11(12)15/h2-3,5-6H,4,7-10H2,1H3,(H2,14,17). The van der Waals surface area contributed by atoms with Gasteiger partial charge in [0.25, 0.3) is 0 Å². The molecule has 0 amide bonds. The third kappa shape index (κ3) is 2.88. The Morgan fingerprint density at radius 2 is 2.00 bits per heavy atom. The van der Waals surface area contributed by atoms with Crippen LogP contribution in [0.1, 0.15) is 12.8 Å². The summed E-state index contributed by atoms with van der Waals surface area (Å²) in [5.41, 5.74) is 8.17. The van der Waals surface area contributed by atoms with Gasteiger partial charge >= 0.3 is 0 Å².